The van der Waals surface area contributed by atoms with E-state index >= 15 is 0 Å². The van der Waals surface area contributed by atoms with Gasteiger partial charge in [0, 0.05) is 18.5 Å². The summed E-state index contributed by atoms with van der Waals surface area (Å²) in [4.78, 5) is 41.2. The van der Waals surface area contributed by atoms with Crippen LogP contribution in [0.1, 0.15) is 62.2 Å². The zero-order valence-corrected chi connectivity index (χ0v) is 19.4. The molecule has 1 saturated heterocycles. The Balaban J connectivity index is 1.28. The lowest BCUT2D eigenvalue weighted by atomic mass is 9.49. The summed E-state index contributed by atoms with van der Waals surface area (Å²) in [5.74, 6) is 1.55. The second kappa shape index (κ2) is 8.42. The van der Waals surface area contributed by atoms with Crippen molar-refractivity contribution in [3.8, 4) is 5.75 Å². The Morgan fingerprint density at radius 3 is 2.12 bits per heavy atom. The van der Waals surface area contributed by atoms with Crippen LogP contribution < -0.4 is 4.74 Å². The number of β-amino-alcohol motifs (C(OH)–C–C–N with tert-alkyl or cyclic N) is 1. The van der Waals surface area contributed by atoms with Gasteiger partial charge >= 0.3 is 5.97 Å². The summed E-state index contributed by atoms with van der Waals surface area (Å²) in [6.45, 7) is 1.70. The number of methoxy groups -OCH3 is 1. The van der Waals surface area contributed by atoms with Crippen LogP contribution in [0.25, 0.3) is 0 Å². The molecule has 4 bridgehead atoms. The lowest BCUT2D eigenvalue weighted by Crippen LogP contribution is -2.56. The van der Waals surface area contributed by atoms with E-state index in [2.05, 4.69) is 0 Å². The number of Topliss-reactive ketones (excluding diaryl/α,β-unsaturated/α-hetero) is 1. The van der Waals surface area contributed by atoms with E-state index in [0.717, 1.165) is 19.3 Å². The normalized spacial score (nSPS) is 35.4. The van der Waals surface area contributed by atoms with E-state index in [0.29, 0.717) is 29.1 Å². The summed E-state index contributed by atoms with van der Waals surface area (Å²) in [7, 11) is 1.55. The third-order valence-corrected chi connectivity index (χ3v) is 8.34. The number of amides is 1. The van der Waals surface area contributed by atoms with E-state index < -0.39 is 24.2 Å². The van der Waals surface area contributed by atoms with Crippen LogP contribution in [0.5, 0.6) is 5.75 Å². The van der Waals surface area contributed by atoms with Gasteiger partial charge in [0.2, 0.25) is 11.7 Å². The number of carbonyl (C=O) groups is 3. The average molecular weight is 456 g/mol. The molecular formula is C26H33NO6. The van der Waals surface area contributed by atoms with Crippen LogP contribution >= 0.6 is 0 Å². The van der Waals surface area contributed by atoms with Crippen LogP contribution in [-0.4, -0.2) is 59.6 Å². The quantitative estimate of drug-likeness (QED) is 0.524. The van der Waals surface area contributed by atoms with Crippen molar-refractivity contribution in [1.29, 1.82) is 0 Å². The molecule has 0 aromatic heterocycles. The second-order valence-corrected chi connectivity index (χ2v) is 10.7. The molecule has 6 rings (SSSR count). The predicted molar refractivity (Wildman–Crippen MR) is 120 cm³/mol. The van der Waals surface area contributed by atoms with Gasteiger partial charge in [0.1, 0.15) is 11.8 Å². The van der Waals surface area contributed by atoms with Gasteiger partial charge in [-0.2, -0.15) is 0 Å². The topological polar surface area (TPSA) is 93.1 Å². The van der Waals surface area contributed by atoms with Crippen molar-refractivity contribution in [3.63, 3.8) is 0 Å². The number of esters is 1. The first kappa shape index (κ1) is 22.4. The number of likely N-dealkylation sites (tertiary alicyclic amines) is 1. The average Bonchev–Trinajstić information content (AvgIpc) is 3.18. The van der Waals surface area contributed by atoms with Crippen molar-refractivity contribution >= 4 is 17.7 Å². The number of benzene rings is 1. The van der Waals surface area contributed by atoms with Crippen LogP contribution in [0.3, 0.4) is 0 Å². The van der Waals surface area contributed by atoms with E-state index in [1.807, 2.05) is 0 Å². The minimum Gasteiger partial charge on any atom is -0.497 e. The molecule has 0 spiro atoms. The van der Waals surface area contributed by atoms with E-state index in [1.165, 1.54) is 19.3 Å². The molecule has 5 fully saturated rings. The molecule has 4 saturated carbocycles. The molecule has 2 unspecified atom stereocenters. The zero-order chi connectivity index (χ0) is 23.3. The molecule has 3 atom stereocenters. The fraction of sp³-hybridized carbons (Fsp3) is 0.654. The Hall–Kier alpha value is -2.41. The monoisotopic (exact) mass is 455 g/mol. The number of aliphatic hydroxyl groups is 1. The highest BCUT2D eigenvalue weighted by molar-refractivity contribution is 6.00. The van der Waals surface area contributed by atoms with Crippen LogP contribution in [0.15, 0.2) is 24.3 Å². The first-order valence-electron chi connectivity index (χ1n) is 12.2. The van der Waals surface area contributed by atoms with E-state index in [9.17, 15) is 19.5 Å². The highest BCUT2D eigenvalue weighted by atomic mass is 16.5. The Morgan fingerprint density at radius 2 is 1.58 bits per heavy atom. The molecule has 1 aliphatic heterocycles. The van der Waals surface area contributed by atoms with Crippen molar-refractivity contribution in [1.82, 2.24) is 4.90 Å². The Bertz CT molecular complexity index is 905. The van der Waals surface area contributed by atoms with Crippen LogP contribution in [0, 0.1) is 23.2 Å². The maximum atomic E-state index is 13.8. The predicted octanol–water partition coefficient (Wildman–Crippen LogP) is 2.99. The number of hydrogen-bond acceptors (Lipinski definition) is 6. The van der Waals surface area contributed by atoms with E-state index in [-0.39, 0.29) is 30.1 Å². The van der Waals surface area contributed by atoms with Gasteiger partial charge in [-0.25, -0.2) is 4.79 Å². The molecule has 1 aromatic rings. The smallest absolute Gasteiger partial charge is 0.329 e. The van der Waals surface area contributed by atoms with Gasteiger partial charge < -0.3 is 19.5 Å². The number of nitrogens with zero attached hydrogens (tertiary/aromatic N) is 1. The van der Waals surface area contributed by atoms with Gasteiger partial charge in [0.15, 0.2) is 6.10 Å². The molecule has 4 aliphatic carbocycles. The van der Waals surface area contributed by atoms with Gasteiger partial charge in [-0.3, -0.25) is 9.59 Å². The molecule has 5 aliphatic rings. The lowest BCUT2D eigenvalue weighted by Gasteiger charge is -2.56. The minimum absolute atomic E-state index is 0.00855. The standard InChI is InChI=1S/C26H33NO6/c1-15(23(29)19-3-5-21(32-2)6-4-19)33-24(30)22-10-20(28)14-27(22)25(31)26-11-16-7-17(12-26)9-18(8-16)13-26/h3-6,15-18,20,22,28H,7-14H2,1-2H3/t15?,16?,17?,18?,20?,22-,26?/m0/s1. The number of rotatable bonds is 6. The minimum atomic E-state index is -0.986. The first-order chi connectivity index (χ1) is 15.8. The highest BCUT2D eigenvalue weighted by Gasteiger charge is 2.57. The fourth-order valence-electron chi connectivity index (χ4n) is 7.24. The fourth-order valence-corrected chi connectivity index (χ4v) is 7.24. The second-order valence-electron chi connectivity index (χ2n) is 10.7. The molecule has 0 radical (unpaired) electrons. The Morgan fingerprint density at radius 1 is 1.00 bits per heavy atom. The zero-order valence-electron chi connectivity index (χ0n) is 19.4. The van der Waals surface area contributed by atoms with Crippen molar-refractivity contribution in [2.75, 3.05) is 13.7 Å². The third-order valence-electron chi connectivity index (χ3n) is 8.34. The van der Waals surface area contributed by atoms with E-state index in [1.54, 1.807) is 43.2 Å². The first-order valence-corrected chi connectivity index (χ1v) is 12.2. The number of ketones is 1. The third kappa shape index (κ3) is 4.05. The van der Waals surface area contributed by atoms with Gasteiger partial charge in [-0.15, -0.1) is 0 Å². The largest absolute Gasteiger partial charge is 0.497 e. The Kier molecular flexibility index (Phi) is 5.71. The van der Waals surface area contributed by atoms with Crippen molar-refractivity contribution in [2.45, 2.75) is 70.1 Å². The summed E-state index contributed by atoms with van der Waals surface area (Å²) in [6, 6.07) is 5.79. The number of aliphatic hydroxyl groups excluding tert-OH is 1. The molecule has 7 heteroatoms. The maximum Gasteiger partial charge on any atom is 0.329 e. The maximum absolute atomic E-state index is 13.8. The van der Waals surface area contributed by atoms with Gasteiger partial charge in [0.25, 0.3) is 0 Å². The molecular weight excluding hydrogens is 422 g/mol. The van der Waals surface area contributed by atoms with Crippen LogP contribution in [0.2, 0.25) is 0 Å². The lowest BCUT2D eigenvalue weighted by molar-refractivity contribution is -0.166. The van der Waals surface area contributed by atoms with Crippen molar-refractivity contribution < 1.29 is 29.0 Å². The van der Waals surface area contributed by atoms with Crippen LogP contribution in [0.4, 0.5) is 0 Å². The summed E-state index contributed by atoms with van der Waals surface area (Å²) in [5.41, 5.74) is 0.0334. The molecule has 1 aromatic carbocycles. The molecule has 7 nitrogen and oxygen atoms in total. The van der Waals surface area contributed by atoms with Crippen molar-refractivity contribution in [3.05, 3.63) is 29.8 Å². The number of hydrogen-bond donors (Lipinski definition) is 1. The van der Waals surface area contributed by atoms with Crippen LogP contribution in [-0.2, 0) is 14.3 Å². The molecule has 1 amide bonds. The van der Waals surface area contributed by atoms with Gasteiger partial charge in [-0.1, -0.05) is 0 Å². The summed E-state index contributed by atoms with van der Waals surface area (Å²) in [5, 5.41) is 10.3. The Labute approximate surface area is 194 Å². The number of carbonyl (C=O) groups excluding carboxylic acids is 3. The van der Waals surface area contributed by atoms with Crippen molar-refractivity contribution in [2.24, 2.45) is 23.2 Å². The molecule has 33 heavy (non-hydrogen) atoms. The summed E-state index contributed by atoms with van der Waals surface area (Å²) < 4.78 is 10.6. The van der Waals surface area contributed by atoms with Gasteiger partial charge in [-0.05, 0) is 87.5 Å². The molecule has 1 N–H and O–H groups in total. The van der Waals surface area contributed by atoms with E-state index in [4.69, 9.17) is 9.47 Å². The molecule has 1 heterocycles. The highest BCUT2D eigenvalue weighted by Crippen LogP contribution is 2.60. The SMILES string of the molecule is COc1ccc(C(=O)C(C)OC(=O)[C@@H]2CC(O)CN2C(=O)C23CC4CC(CC(C4)C2)C3)cc1. The number of ether oxygens (including phenoxy) is 2. The van der Waals surface area contributed by atoms with Gasteiger partial charge in [0.05, 0.1) is 18.6 Å². The summed E-state index contributed by atoms with van der Waals surface area (Å²) in [6.07, 6.45) is 4.80. The molecule has 178 valence electrons. The summed E-state index contributed by atoms with van der Waals surface area (Å²) >= 11 is 0.